The number of hydrogen-bond acceptors (Lipinski definition) is 4. The van der Waals surface area contributed by atoms with Crippen LogP contribution >= 0.6 is 0 Å². The molecule has 1 saturated heterocycles. The van der Waals surface area contributed by atoms with Gasteiger partial charge in [0, 0.05) is 18.3 Å². The predicted molar refractivity (Wildman–Crippen MR) is 96.9 cm³/mol. The lowest BCUT2D eigenvalue weighted by Gasteiger charge is -2.32. The highest BCUT2D eigenvalue weighted by atomic mass is 16.5. The Balaban J connectivity index is 1.59. The number of rotatable bonds is 3. The number of ether oxygens (including phenoxy) is 1. The Kier molecular flexibility index (Phi) is 5.16. The SMILES string of the molecule is Cc1ccc(OC2CCCN(C(=O)Nc3ccc(C)c(C)c3)C2)nn1. The molecule has 1 aromatic carbocycles. The first-order valence-corrected chi connectivity index (χ1v) is 8.61. The van der Waals surface area contributed by atoms with Gasteiger partial charge in [0.25, 0.3) is 0 Å². The molecular formula is C19H24N4O2. The molecule has 1 N–H and O–H groups in total. The minimum Gasteiger partial charge on any atom is -0.471 e. The first-order valence-electron chi connectivity index (χ1n) is 8.61. The van der Waals surface area contributed by atoms with E-state index in [2.05, 4.69) is 22.4 Å². The molecule has 0 saturated carbocycles. The van der Waals surface area contributed by atoms with E-state index in [1.165, 1.54) is 5.56 Å². The monoisotopic (exact) mass is 340 g/mol. The molecule has 132 valence electrons. The second-order valence-electron chi connectivity index (χ2n) is 6.57. The largest absolute Gasteiger partial charge is 0.471 e. The molecule has 0 bridgehead atoms. The Morgan fingerprint density at radius 1 is 1.16 bits per heavy atom. The molecule has 1 atom stereocenters. The third kappa shape index (κ3) is 4.47. The van der Waals surface area contributed by atoms with E-state index in [0.29, 0.717) is 12.4 Å². The van der Waals surface area contributed by atoms with E-state index in [1.54, 1.807) is 4.90 Å². The number of aromatic nitrogens is 2. The normalized spacial score (nSPS) is 17.2. The Labute approximate surface area is 148 Å². The molecule has 6 heteroatoms. The molecular weight excluding hydrogens is 316 g/mol. The Morgan fingerprint density at radius 3 is 2.72 bits per heavy atom. The second kappa shape index (κ2) is 7.51. The smallest absolute Gasteiger partial charge is 0.321 e. The molecule has 1 fully saturated rings. The van der Waals surface area contributed by atoms with Crippen LogP contribution < -0.4 is 10.1 Å². The molecule has 6 nitrogen and oxygen atoms in total. The summed E-state index contributed by atoms with van der Waals surface area (Å²) in [7, 11) is 0. The number of anilines is 1. The van der Waals surface area contributed by atoms with Crippen molar-refractivity contribution in [1.82, 2.24) is 15.1 Å². The average Bonchev–Trinajstić information content (AvgIpc) is 2.60. The molecule has 1 aliphatic heterocycles. The zero-order valence-electron chi connectivity index (χ0n) is 15.0. The van der Waals surface area contributed by atoms with Crippen LogP contribution in [0.4, 0.5) is 10.5 Å². The maximum atomic E-state index is 12.5. The molecule has 1 aromatic heterocycles. The van der Waals surface area contributed by atoms with Gasteiger partial charge in [0.2, 0.25) is 5.88 Å². The first kappa shape index (κ1) is 17.2. The van der Waals surface area contributed by atoms with E-state index < -0.39 is 0 Å². The van der Waals surface area contributed by atoms with Crippen molar-refractivity contribution in [3.05, 3.63) is 47.2 Å². The van der Waals surface area contributed by atoms with Gasteiger partial charge < -0.3 is 15.0 Å². The van der Waals surface area contributed by atoms with Gasteiger partial charge >= 0.3 is 6.03 Å². The van der Waals surface area contributed by atoms with E-state index in [9.17, 15) is 4.79 Å². The lowest BCUT2D eigenvalue weighted by molar-refractivity contribution is 0.102. The van der Waals surface area contributed by atoms with Crippen molar-refractivity contribution >= 4 is 11.7 Å². The van der Waals surface area contributed by atoms with Crippen LogP contribution in [0.25, 0.3) is 0 Å². The fourth-order valence-electron chi connectivity index (χ4n) is 2.86. The van der Waals surface area contributed by atoms with Crippen molar-refractivity contribution in [2.24, 2.45) is 0 Å². The number of benzene rings is 1. The number of urea groups is 1. The molecule has 2 amide bonds. The molecule has 1 aliphatic rings. The minimum atomic E-state index is -0.0912. The van der Waals surface area contributed by atoms with E-state index in [4.69, 9.17) is 4.74 Å². The van der Waals surface area contributed by atoms with Gasteiger partial charge in [0.1, 0.15) is 6.10 Å². The molecule has 1 unspecified atom stereocenters. The van der Waals surface area contributed by atoms with Crippen molar-refractivity contribution in [2.45, 2.75) is 39.7 Å². The summed E-state index contributed by atoms with van der Waals surface area (Å²) in [5, 5.41) is 11.0. The third-order valence-electron chi connectivity index (χ3n) is 4.48. The van der Waals surface area contributed by atoms with Gasteiger partial charge in [-0.3, -0.25) is 0 Å². The topological polar surface area (TPSA) is 67.3 Å². The van der Waals surface area contributed by atoms with Gasteiger partial charge in [-0.1, -0.05) is 6.07 Å². The zero-order chi connectivity index (χ0) is 17.8. The summed E-state index contributed by atoms with van der Waals surface area (Å²) >= 11 is 0. The zero-order valence-corrected chi connectivity index (χ0v) is 15.0. The van der Waals surface area contributed by atoms with Gasteiger partial charge in [-0.25, -0.2) is 4.79 Å². The number of piperidine rings is 1. The van der Waals surface area contributed by atoms with E-state index >= 15 is 0 Å². The molecule has 3 rings (SSSR count). The molecule has 2 heterocycles. The van der Waals surface area contributed by atoms with E-state index in [1.807, 2.05) is 44.2 Å². The van der Waals surface area contributed by atoms with Crippen molar-refractivity contribution < 1.29 is 9.53 Å². The van der Waals surface area contributed by atoms with Crippen LogP contribution in [0.5, 0.6) is 5.88 Å². The number of aryl methyl sites for hydroxylation is 3. The molecule has 0 aliphatic carbocycles. The Hall–Kier alpha value is -2.63. The van der Waals surface area contributed by atoms with E-state index in [0.717, 1.165) is 36.3 Å². The quantitative estimate of drug-likeness (QED) is 0.929. The highest BCUT2D eigenvalue weighted by molar-refractivity contribution is 5.89. The lowest BCUT2D eigenvalue weighted by Crippen LogP contribution is -2.46. The van der Waals surface area contributed by atoms with E-state index in [-0.39, 0.29) is 12.1 Å². The molecule has 25 heavy (non-hydrogen) atoms. The van der Waals surface area contributed by atoms with Crippen molar-refractivity contribution in [3.63, 3.8) is 0 Å². The summed E-state index contributed by atoms with van der Waals surface area (Å²) in [6.07, 6.45) is 1.75. The van der Waals surface area contributed by atoms with Crippen LogP contribution in [0, 0.1) is 20.8 Å². The summed E-state index contributed by atoms with van der Waals surface area (Å²) in [5.41, 5.74) is 4.05. The Morgan fingerprint density at radius 2 is 2.00 bits per heavy atom. The van der Waals surface area contributed by atoms with Gasteiger partial charge in [-0.2, -0.15) is 5.10 Å². The fraction of sp³-hybridized carbons (Fsp3) is 0.421. The van der Waals surface area contributed by atoms with Crippen LogP contribution in [0.1, 0.15) is 29.7 Å². The number of likely N-dealkylation sites (tertiary alicyclic amines) is 1. The highest BCUT2D eigenvalue weighted by Crippen LogP contribution is 2.19. The second-order valence-corrected chi connectivity index (χ2v) is 6.57. The number of nitrogens with one attached hydrogen (secondary N) is 1. The maximum absolute atomic E-state index is 12.5. The summed E-state index contributed by atoms with van der Waals surface area (Å²) in [5.74, 6) is 0.506. The van der Waals surface area contributed by atoms with Crippen LogP contribution in [0.2, 0.25) is 0 Å². The third-order valence-corrected chi connectivity index (χ3v) is 4.48. The first-order chi connectivity index (χ1) is 12.0. The lowest BCUT2D eigenvalue weighted by atomic mass is 10.1. The van der Waals surface area contributed by atoms with Crippen LogP contribution in [0.3, 0.4) is 0 Å². The molecule has 2 aromatic rings. The van der Waals surface area contributed by atoms with Crippen LogP contribution in [-0.4, -0.2) is 40.3 Å². The van der Waals surface area contributed by atoms with Crippen LogP contribution in [0.15, 0.2) is 30.3 Å². The van der Waals surface area contributed by atoms with Gasteiger partial charge in [0.05, 0.1) is 12.2 Å². The number of hydrogen-bond donors (Lipinski definition) is 1. The number of amides is 2. The fourth-order valence-corrected chi connectivity index (χ4v) is 2.86. The predicted octanol–water partition coefficient (Wildman–Crippen LogP) is 3.48. The van der Waals surface area contributed by atoms with Crippen molar-refractivity contribution in [3.8, 4) is 5.88 Å². The Bertz CT molecular complexity index is 746. The van der Waals surface area contributed by atoms with Gasteiger partial charge in [-0.05, 0) is 62.9 Å². The average molecular weight is 340 g/mol. The van der Waals surface area contributed by atoms with Crippen molar-refractivity contribution in [1.29, 1.82) is 0 Å². The number of nitrogens with zero attached hydrogens (tertiary/aromatic N) is 3. The van der Waals surface area contributed by atoms with Gasteiger partial charge in [0.15, 0.2) is 0 Å². The van der Waals surface area contributed by atoms with Crippen molar-refractivity contribution in [2.75, 3.05) is 18.4 Å². The maximum Gasteiger partial charge on any atom is 0.321 e. The number of carbonyl (C=O) groups excluding carboxylic acids is 1. The van der Waals surface area contributed by atoms with Gasteiger partial charge in [-0.15, -0.1) is 5.10 Å². The summed E-state index contributed by atoms with van der Waals surface area (Å²) in [6, 6.07) is 9.54. The van der Waals surface area contributed by atoms with Crippen LogP contribution in [-0.2, 0) is 0 Å². The molecule has 0 radical (unpaired) electrons. The number of carbonyl (C=O) groups is 1. The summed E-state index contributed by atoms with van der Waals surface area (Å²) in [6.45, 7) is 7.26. The minimum absolute atomic E-state index is 0.0590. The highest BCUT2D eigenvalue weighted by Gasteiger charge is 2.25. The summed E-state index contributed by atoms with van der Waals surface area (Å²) < 4.78 is 5.88. The molecule has 0 spiro atoms. The summed E-state index contributed by atoms with van der Waals surface area (Å²) in [4.78, 5) is 14.3. The standard InChI is InChI=1S/C19H24N4O2/c1-13-6-8-16(11-14(13)2)20-19(24)23-10-4-5-17(12-23)25-18-9-7-15(3)21-22-18/h6-9,11,17H,4-5,10,12H2,1-3H3,(H,20,24).